The zero-order valence-corrected chi connectivity index (χ0v) is 18.7. The van der Waals surface area contributed by atoms with Crippen molar-refractivity contribution in [1.82, 2.24) is 20.2 Å². The standard InChI is InChI=1S/C12H16N4O.C6H4ClO2P.C2H6/c1-16(2)7-10-11(17)3-4-15-12(10)9-5-13-8-14-6-9;7-5-1-3-6(4-2-5)10(8)9;1-2/h5-8,12,15H,3-4H2,1-2H3;1-4H;1-2H3/b10-7+;;. The molecule has 0 radical (unpaired) electrons. The molecule has 2 unspecified atom stereocenters. The Hall–Kier alpha value is -2.18. The highest BCUT2D eigenvalue weighted by atomic mass is 35.5. The third-order valence-electron chi connectivity index (χ3n) is 3.68. The zero-order valence-electron chi connectivity index (χ0n) is 17.0. The highest BCUT2D eigenvalue weighted by molar-refractivity contribution is 7.45. The molecule has 1 aromatic carbocycles. The summed E-state index contributed by atoms with van der Waals surface area (Å²) in [4.78, 5) is 32.1. The predicted octanol–water partition coefficient (Wildman–Crippen LogP) is 2.62. The fourth-order valence-corrected chi connectivity index (χ4v) is 3.01. The Kier molecular flexibility index (Phi) is 11.2. The van der Waals surface area contributed by atoms with Crippen LogP contribution in [0.25, 0.3) is 0 Å². The molecule has 156 valence electrons. The van der Waals surface area contributed by atoms with Gasteiger partial charge in [0.1, 0.15) is 6.33 Å². The van der Waals surface area contributed by atoms with Gasteiger partial charge in [-0.3, -0.25) is 4.79 Å². The van der Waals surface area contributed by atoms with Crippen molar-refractivity contribution in [1.29, 1.82) is 0 Å². The molecule has 0 bridgehead atoms. The van der Waals surface area contributed by atoms with Gasteiger partial charge in [-0.1, -0.05) is 30.0 Å². The summed E-state index contributed by atoms with van der Waals surface area (Å²) in [5, 5.41) is 4.16. The number of ketones is 1. The smallest absolute Gasteiger partial charge is 0.348 e. The van der Waals surface area contributed by atoms with Crippen LogP contribution in [0.5, 0.6) is 0 Å². The van der Waals surface area contributed by atoms with Gasteiger partial charge in [0.05, 0.1) is 6.04 Å². The maximum atomic E-state index is 11.9. The van der Waals surface area contributed by atoms with E-state index >= 15 is 0 Å². The minimum atomic E-state index is -2.47. The van der Waals surface area contributed by atoms with Crippen molar-refractivity contribution in [2.75, 3.05) is 20.6 Å². The number of carbonyl (C=O) groups is 1. The Bertz CT molecular complexity index is 814. The van der Waals surface area contributed by atoms with Crippen LogP contribution in [0.3, 0.4) is 0 Å². The van der Waals surface area contributed by atoms with E-state index < -0.39 is 8.03 Å². The van der Waals surface area contributed by atoms with Crippen molar-refractivity contribution in [2.24, 2.45) is 0 Å². The number of carbonyl (C=O) groups excluding carboxylic acids is 1. The van der Waals surface area contributed by atoms with Crippen molar-refractivity contribution in [3.05, 3.63) is 65.3 Å². The maximum Gasteiger partial charge on any atom is 0.348 e. The van der Waals surface area contributed by atoms with E-state index in [0.717, 1.165) is 11.1 Å². The number of nitrogens with zero attached hydrogens (tertiary/aromatic N) is 3. The van der Waals surface area contributed by atoms with Crippen LogP contribution < -0.4 is 15.5 Å². The molecule has 3 rings (SSSR count). The van der Waals surface area contributed by atoms with E-state index in [1.165, 1.54) is 18.5 Å². The molecule has 2 aromatic rings. The average Bonchev–Trinajstić information content (AvgIpc) is 2.72. The molecule has 1 saturated heterocycles. The van der Waals surface area contributed by atoms with Gasteiger partial charge in [0.25, 0.3) is 0 Å². The van der Waals surface area contributed by atoms with E-state index in [1.807, 2.05) is 39.0 Å². The topological polar surface area (TPSA) is 98.2 Å². The van der Waals surface area contributed by atoms with Gasteiger partial charge in [-0.2, -0.15) is 0 Å². The molecule has 0 aliphatic carbocycles. The van der Waals surface area contributed by atoms with Crippen LogP contribution in [0.1, 0.15) is 31.9 Å². The van der Waals surface area contributed by atoms with Gasteiger partial charge < -0.3 is 15.1 Å². The SMILES string of the molecule is CC.CN(C)/C=C1\C(=O)CCNC1c1cncnc1.O=[P+]([O-])c1ccc(Cl)cc1. The molecule has 2 atom stereocenters. The number of halogens is 1. The molecule has 1 N–H and O–H groups in total. The molecular weight excluding hydrogens is 411 g/mol. The van der Waals surface area contributed by atoms with Gasteiger partial charge in [-0.15, -0.1) is 0 Å². The molecule has 7 nitrogen and oxygen atoms in total. The molecule has 1 aliphatic rings. The highest BCUT2D eigenvalue weighted by Crippen LogP contribution is 2.25. The van der Waals surface area contributed by atoms with Gasteiger partial charge in [0.2, 0.25) is 0 Å². The molecule has 1 aliphatic heterocycles. The molecule has 29 heavy (non-hydrogen) atoms. The summed E-state index contributed by atoms with van der Waals surface area (Å²) in [6.45, 7) is 4.70. The summed E-state index contributed by atoms with van der Waals surface area (Å²) in [7, 11) is 1.35. The van der Waals surface area contributed by atoms with Crippen molar-refractivity contribution < 1.29 is 14.3 Å². The van der Waals surface area contributed by atoms with Crippen LogP contribution in [0, 0.1) is 0 Å². The monoisotopic (exact) mass is 436 g/mol. The Morgan fingerprint density at radius 1 is 1.21 bits per heavy atom. The van der Waals surface area contributed by atoms with Gasteiger partial charge in [0, 0.05) is 61.8 Å². The molecular formula is C20H26ClN4O3P. The van der Waals surface area contributed by atoms with Crippen molar-refractivity contribution in [3.8, 4) is 0 Å². The van der Waals surface area contributed by atoms with Crippen LogP contribution in [0.15, 0.2) is 54.8 Å². The van der Waals surface area contributed by atoms with E-state index in [9.17, 15) is 14.3 Å². The number of aromatic nitrogens is 2. The molecule has 0 spiro atoms. The molecule has 1 aromatic heterocycles. The van der Waals surface area contributed by atoms with E-state index in [2.05, 4.69) is 15.3 Å². The van der Waals surface area contributed by atoms with E-state index in [4.69, 9.17) is 11.6 Å². The van der Waals surface area contributed by atoms with Gasteiger partial charge >= 0.3 is 8.03 Å². The minimum Gasteiger partial charge on any atom is -0.591 e. The normalized spacial score (nSPS) is 17.4. The molecule has 9 heteroatoms. The van der Waals surface area contributed by atoms with E-state index in [0.29, 0.717) is 23.3 Å². The molecule has 2 heterocycles. The number of Topliss-reactive ketones (excluding diaryl/α,β-unsaturated/α-hetero) is 1. The first kappa shape index (κ1) is 24.9. The lowest BCUT2D eigenvalue weighted by Gasteiger charge is -2.26. The quantitative estimate of drug-likeness (QED) is 0.583. The first-order valence-electron chi connectivity index (χ1n) is 9.18. The Labute approximate surface area is 177 Å². The van der Waals surface area contributed by atoms with Crippen molar-refractivity contribution in [2.45, 2.75) is 26.3 Å². The first-order chi connectivity index (χ1) is 13.9. The fraction of sp³-hybridized carbons (Fsp3) is 0.350. The summed E-state index contributed by atoms with van der Waals surface area (Å²) in [6.07, 6.45) is 7.39. The summed E-state index contributed by atoms with van der Waals surface area (Å²) in [5.41, 5.74) is 1.70. The second kappa shape index (κ2) is 13.1. The van der Waals surface area contributed by atoms with Gasteiger partial charge in [-0.05, 0) is 24.3 Å². The largest absolute Gasteiger partial charge is 0.591 e. The Morgan fingerprint density at radius 2 is 1.79 bits per heavy atom. The van der Waals surface area contributed by atoms with Crippen LogP contribution in [0.2, 0.25) is 5.02 Å². The highest BCUT2D eigenvalue weighted by Gasteiger charge is 2.27. The number of rotatable bonds is 3. The number of nitrogens with one attached hydrogen (secondary N) is 1. The summed E-state index contributed by atoms with van der Waals surface area (Å²) < 4.78 is 10.3. The minimum absolute atomic E-state index is 0.0974. The lowest BCUT2D eigenvalue weighted by atomic mass is 9.93. The Morgan fingerprint density at radius 3 is 2.31 bits per heavy atom. The number of hydrogen-bond donors (Lipinski definition) is 1. The fourth-order valence-electron chi connectivity index (χ4n) is 2.49. The summed E-state index contributed by atoms with van der Waals surface area (Å²) in [5.74, 6) is 0.186. The summed E-state index contributed by atoms with van der Waals surface area (Å²) in [6, 6.07) is 5.92. The lowest BCUT2D eigenvalue weighted by Crippen LogP contribution is -2.35. The van der Waals surface area contributed by atoms with E-state index in [1.54, 1.807) is 24.5 Å². The molecule has 0 amide bonds. The number of piperidine rings is 1. The number of hydrogen-bond acceptors (Lipinski definition) is 7. The Balaban J connectivity index is 0.000000299. The predicted molar refractivity (Wildman–Crippen MR) is 114 cm³/mol. The van der Waals surface area contributed by atoms with Crippen molar-refractivity contribution >= 4 is 30.7 Å². The van der Waals surface area contributed by atoms with Crippen LogP contribution in [0.4, 0.5) is 0 Å². The second-order valence-corrected chi connectivity index (χ2v) is 7.48. The third kappa shape index (κ3) is 8.38. The van der Waals surface area contributed by atoms with Crippen LogP contribution >= 0.6 is 19.6 Å². The molecule has 1 fully saturated rings. The van der Waals surface area contributed by atoms with E-state index in [-0.39, 0.29) is 11.8 Å². The number of benzene rings is 1. The third-order valence-corrected chi connectivity index (χ3v) is 4.65. The summed E-state index contributed by atoms with van der Waals surface area (Å²) >= 11 is 5.52. The van der Waals surface area contributed by atoms with Crippen LogP contribution in [-0.4, -0.2) is 41.3 Å². The van der Waals surface area contributed by atoms with Gasteiger partial charge in [-0.25, -0.2) is 9.97 Å². The maximum absolute atomic E-state index is 11.9. The lowest BCUT2D eigenvalue weighted by molar-refractivity contribution is -0.160. The molecule has 0 saturated carbocycles. The first-order valence-corrected chi connectivity index (χ1v) is 10.7. The van der Waals surface area contributed by atoms with Crippen molar-refractivity contribution in [3.63, 3.8) is 0 Å². The zero-order chi connectivity index (χ0) is 21.8. The average molecular weight is 437 g/mol. The second-order valence-electron chi connectivity index (χ2n) is 6.01. The van der Waals surface area contributed by atoms with Gasteiger partial charge in [0.15, 0.2) is 11.1 Å². The van der Waals surface area contributed by atoms with Crippen LogP contribution in [-0.2, 0) is 9.36 Å².